The average Bonchev–Trinajstić information content (AvgIpc) is 2.59. The molecule has 0 bridgehead atoms. The van der Waals surface area contributed by atoms with Crippen LogP contribution >= 0.6 is 0 Å². The van der Waals surface area contributed by atoms with Crippen molar-refractivity contribution in [2.24, 2.45) is 0 Å². The maximum Gasteiger partial charge on any atom is 0.345 e. The van der Waals surface area contributed by atoms with E-state index in [9.17, 15) is 14.7 Å². The molecule has 1 saturated heterocycles. The van der Waals surface area contributed by atoms with Gasteiger partial charge in [-0.25, -0.2) is 4.79 Å². The highest BCUT2D eigenvalue weighted by Gasteiger charge is 2.37. The van der Waals surface area contributed by atoms with Crippen LogP contribution in [0, 0.1) is 0 Å². The van der Waals surface area contributed by atoms with E-state index in [0.717, 1.165) is 5.56 Å². The van der Waals surface area contributed by atoms with Gasteiger partial charge in [0.05, 0.1) is 18.3 Å². The van der Waals surface area contributed by atoms with Crippen LogP contribution in [0.1, 0.15) is 62.4 Å². The number of aliphatic hydroxyl groups is 1. The number of benzene rings is 1. The van der Waals surface area contributed by atoms with Crippen molar-refractivity contribution < 1.29 is 33.6 Å². The van der Waals surface area contributed by atoms with Crippen molar-refractivity contribution in [3.8, 4) is 5.75 Å². The van der Waals surface area contributed by atoms with E-state index in [4.69, 9.17) is 18.9 Å². The highest BCUT2D eigenvalue weighted by Crippen LogP contribution is 2.35. The number of carbonyl (C=O) groups is 2. The van der Waals surface area contributed by atoms with Gasteiger partial charge in [0.15, 0.2) is 0 Å². The molecule has 1 aromatic carbocycles. The van der Waals surface area contributed by atoms with E-state index in [1.54, 1.807) is 26.0 Å². The van der Waals surface area contributed by atoms with Crippen molar-refractivity contribution in [2.45, 2.75) is 83.1 Å². The summed E-state index contributed by atoms with van der Waals surface area (Å²) >= 11 is 0. The van der Waals surface area contributed by atoms with Crippen molar-refractivity contribution in [3.63, 3.8) is 0 Å². The summed E-state index contributed by atoms with van der Waals surface area (Å²) in [6.07, 6.45) is 2.62. The summed E-state index contributed by atoms with van der Waals surface area (Å²) in [6.45, 7) is 8.41. The Kier molecular flexibility index (Phi) is 6.83. The van der Waals surface area contributed by atoms with Crippen LogP contribution in [-0.2, 0) is 25.4 Å². The third kappa shape index (κ3) is 5.61. The molecule has 1 N–H and O–H groups in total. The van der Waals surface area contributed by atoms with E-state index in [1.807, 2.05) is 12.1 Å². The first-order valence-corrected chi connectivity index (χ1v) is 10.3. The first-order chi connectivity index (χ1) is 14.2. The van der Waals surface area contributed by atoms with Crippen molar-refractivity contribution in [2.75, 3.05) is 0 Å². The number of rotatable bonds is 7. The fraction of sp³-hybridized carbons (Fsp3) is 0.565. The third-order valence-electron chi connectivity index (χ3n) is 5.20. The normalized spacial score (nSPS) is 26.0. The quantitative estimate of drug-likeness (QED) is 0.536. The average molecular weight is 418 g/mol. The molecule has 2 aliphatic heterocycles. The Morgan fingerprint density at radius 2 is 2.07 bits per heavy atom. The van der Waals surface area contributed by atoms with Gasteiger partial charge in [-0.2, -0.15) is 0 Å². The zero-order valence-electron chi connectivity index (χ0n) is 17.8. The molecule has 0 amide bonds. The second-order valence-electron chi connectivity index (χ2n) is 8.38. The highest BCUT2D eigenvalue weighted by atomic mass is 16.7. The molecule has 164 valence electrons. The Morgan fingerprint density at radius 1 is 1.33 bits per heavy atom. The lowest BCUT2D eigenvalue weighted by molar-refractivity contribution is -0.161. The van der Waals surface area contributed by atoms with Crippen LogP contribution in [0.5, 0.6) is 5.75 Å². The summed E-state index contributed by atoms with van der Waals surface area (Å²) < 4.78 is 22.9. The third-order valence-corrected chi connectivity index (χ3v) is 5.20. The Balaban J connectivity index is 1.78. The lowest BCUT2D eigenvalue weighted by Gasteiger charge is -2.37. The fourth-order valence-corrected chi connectivity index (χ4v) is 4.14. The summed E-state index contributed by atoms with van der Waals surface area (Å²) in [5.41, 5.74) is 1.16. The molecule has 2 heterocycles. The Bertz CT molecular complexity index is 801. The highest BCUT2D eigenvalue weighted by molar-refractivity contribution is 5.95. The molecule has 30 heavy (non-hydrogen) atoms. The molecule has 1 fully saturated rings. The van der Waals surface area contributed by atoms with Gasteiger partial charge in [0.2, 0.25) is 5.79 Å². The van der Waals surface area contributed by atoms with Gasteiger partial charge in [-0.3, -0.25) is 4.79 Å². The fourth-order valence-electron chi connectivity index (χ4n) is 4.14. The minimum Gasteiger partial charge on any atom is -0.462 e. The van der Waals surface area contributed by atoms with Crippen LogP contribution in [0.2, 0.25) is 0 Å². The van der Waals surface area contributed by atoms with Crippen LogP contribution in [0.15, 0.2) is 30.9 Å². The van der Waals surface area contributed by atoms with Crippen molar-refractivity contribution in [1.82, 2.24) is 0 Å². The van der Waals surface area contributed by atoms with E-state index in [0.29, 0.717) is 43.4 Å². The van der Waals surface area contributed by atoms with E-state index < -0.39 is 17.9 Å². The minimum atomic E-state index is -1.02. The van der Waals surface area contributed by atoms with Crippen molar-refractivity contribution >= 4 is 11.9 Å². The monoisotopic (exact) mass is 418 g/mol. The Morgan fingerprint density at radius 3 is 2.77 bits per heavy atom. The molecule has 0 aliphatic carbocycles. The van der Waals surface area contributed by atoms with Crippen LogP contribution in [0.25, 0.3) is 0 Å². The van der Waals surface area contributed by atoms with Crippen LogP contribution in [0.4, 0.5) is 0 Å². The van der Waals surface area contributed by atoms with Gasteiger partial charge < -0.3 is 24.1 Å². The molecular weight excluding hydrogens is 388 g/mol. The number of fused-ring (bicyclic) bond motifs is 1. The molecule has 4 atom stereocenters. The second-order valence-corrected chi connectivity index (χ2v) is 8.38. The molecule has 0 saturated carbocycles. The molecule has 2 aliphatic rings. The lowest BCUT2D eigenvalue weighted by atomic mass is 9.91. The molecule has 1 aromatic rings. The SMILES string of the molecule is C=CC[C@H](O)C[C@H]1C[C@H](OC(C)=O)C[C@H](Cc2cccc3c2C(=O)OC(C)(C)O3)O1. The van der Waals surface area contributed by atoms with Gasteiger partial charge in [0.25, 0.3) is 0 Å². The number of carbonyl (C=O) groups excluding carboxylic acids is 2. The van der Waals surface area contributed by atoms with Gasteiger partial charge in [-0.15, -0.1) is 6.58 Å². The van der Waals surface area contributed by atoms with Gasteiger partial charge in [-0.1, -0.05) is 18.2 Å². The lowest BCUT2D eigenvalue weighted by Crippen LogP contribution is -2.41. The summed E-state index contributed by atoms with van der Waals surface area (Å²) in [6, 6.07) is 5.43. The van der Waals surface area contributed by atoms with Crippen LogP contribution < -0.4 is 4.74 Å². The molecular formula is C23H30O7. The number of cyclic esters (lactones) is 1. The standard InChI is InChI=1S/C23H30O7/c1-5-7-16(25)11-18-13-19(27-14(2)24)12-17(28-18)10-15-8-6-9-20-21(15)22(26)30-23(3,4)29-20/h5-6,8-9,16-19,25H,1,7,10-13H2,2-4H3/t16-,17-,18-,19+/m0/s1. The zero-order chi connectivity index (χ0) is 21.9. The number of hydrogen-bond acceptors (Lipinski definition) is 7. The molecule has 0 unspecified atom stereocenters. The van der Waals surface area contributed by atoms with Crippen molar-refractivity contribution in [3.05, 3.63) is 42.0 Å². The van der Waals surface area contributed by atoms with Crippen LogP contribution in [0.3, 0.4) is 0 Å². The van der Waals surface area contributed by atoms with Gasteiger partial charge in [0, 0.05) is 33.6 Å². The maximum atomic E-state index is 12.6. The summed E-state index contributed by atoms with van der Waals surface area (Å²) in [5.74, 6) is -1.31. The zero-order valence-corrected chi connectivity index (χ0v) is 17.8. The Hall–Kier alpha value is -2.38. The molecule has 0 spiro atoms. The van der Waals surface area contributed by atoms with E-state index >= 15 is 0 Å². The predicted octanol–water partition coefficient (Wildman–Crippen LogP) is 3.32. The van der Waals surface area contributed by atoms with E-state index in [1.165, 1.54) is 6.92 Å². The minimum absolute atomic E-state index is 0.260. The summed E-state index contributed by atoms with van der Waals surface area (Å²) in [5, 5.41) is 10.2. The first-order valence-electron chi connectivity index (χ1n) is 10.3. The molecule has 0 aromatic heterocycles. The molecule has 7 nitrogen and oxygen atoms in total. The van der Waals surface area contributed by atoms with Gasteiger partial charge in [-0.05, 0) is 30.9 Å². The molecule has 7 heteroatoms. The smallest absolute Gasteiger partial charge is 0.345 e. The second kappa shape index (κ2) is 9.18. The largest absolute Gasteiger partial charge is 0.462 e. The number of ether oxygens (including phenoxy) is 4. The van der Waals surface area contributed by atoms with E-state index in [-0.39, 0.29) is 24.3 Å². The van der Waals surface area contributed by atoms with Crippen LogP contribution in [-0.4, -0.2) is 47.2 Å². The van der Waals surface area contributed by atoms with E-state index in [2.05, 4.69) is 6.58 Å². The first kappa shape index (κ1) is 22.3. The number of esters is 2. The molecule has 3 rings (SSSR count). The number of aliphatic hydroxyl groups excluding tert-OH is 1. The van der Waals surface area contributed by atoms with Gasteiger partial charge >= 0.3 is 11.9 Å². The number of hydrogen-bond donors (Lipinski definition) is 1. The van der Waals surface area contributed by atoms with Gasteiger partial charge in [0.1, 0.15) is 17.4 Å². The maximum absolute atomic E-state index is 12.6. The Labute approximate surface area is 177 Å². The summed E-state index contributed by atoms with van der Waals surface area (Å²) in [7, 11) is 0. The predicted molar refractivity (Wildman–Crippen MR) is 109 cm³/mol. The van der Waals surface area contributed by atoms with Crippen molar-refractivity contribution in [1.29, 1.82) is 0 Å². The summed E-state index contributed by atoms with van der Waals surface area (Å²) in [4.78, 5) is 24.1. The molecule has 0 radical (unpaired) electrons. The topological polar surface area (TPSA) is 91.3 Å².